The van der Waals surface area contributed by atoms with Gasteiger partial charge in [-0.2, -0.15) is 0 Å². The first kappa shape index (κ1) is 24.4. The van der Waals surface area contributed by atoms with E-state index in [2.05, 4.69) is 0 Å². The van der Waals surface area contributed by atoms with Gasteiger partial charge in [0.1, 0.15) is 17.4 Å². The number of amides is 1. The number of hydrogen-bond acceptors (Lipinski definition) is 6. The molecule has 1 aliphatic rings. The van der Waals surface area contributed by atoms with E-state index in [-0.39, 0.29) is 13.0 Å². The van der Waals surface area contributed by atoms with Crippen LogP contribution in [0.5, 0.6) is 5.75 Å². The topological polar surface area (TPSA) is 122 Å². The zero-order valence-corrected chi connectivity index (χ0v) is 19.4. The van der Waals surface area contributed by atoms with Crippen molar-refractivity contribution in [3.05, 3.63) is 30.0 Å². The lowest BCUT2D eigenvalue weighted by atomic mass is 10.0. The van der Waals surface area contributed by atoms with E-state index >= 15 is 0 Å². The minimum Gasteiger partial charge on any atom is -0.497 e. The van der Waals surface area contributed by atoms with Crippen LogP contribution in [0.4, 0.5) is 4.79 Å². The smallest absolute Gasteiger partial charge is 0.410 e. The van der Waals surface area contributed by atoms with Gasteiger partial charge in [0.25, 0.3) is 0 Å². The molecule has 0 saturated carbocycles. The summed E-state index contributed by atoms with van der Waals surface area (Å²) in [5.74, 6) is -1.36. The highest BCUT2D eigenvalue weighted by atomic mass is 16.6. The predicted octanol–water partition coefficient (Wildman–Crippen LogP) is 2.80. The number of hydrogen-bond donors (Lipinski definition) is 2. The maximum Gasteiger partial charge on any atom is 0.410 e. The van der Waals surface area contributed by atoms with Crippen LogP contribution in [0.2, 0.25) is 0 Å². The molecule has 2 heterocycles. The molecule has 1 aromatic carbocycles. The fourth-order valence-electron chi connectivity index (χ4n) is 4.02. The van der Waals surface area contributed by atoms with E-state index < -0.39 is 29.7 Å². The number of carboxylic acid groups (broad SMARTS) is 2. The summed E-state index contributed by atoms with van der Waals surface area (Å²) in [6.07, 6.45) is 1.22. The number of fused-ring (bicyclic) bond motifs is 1. The quantitative estimate of drug-likeness (QED) is 0.646. The van der Waals surface area contributed by atoms with Crippen molar-refractivity contribution in [2.45, 2.75) is 45.4 Å². The molecule has 3 rings (SSSR count). The number of methoxy groups -OCH3 is 1. The molecule has 10 nitrogen and oxygen atoms in total. The summed E-state index contributed by atoms with van der Waals surface area (Å²) in [6.45, 7) is 7.04. The van der Waals surface area contributed by atoms with E-state index in [1.54, 1.807) is 54.6 Å². The fourth-order valence-corrected chi connectivity index (χ4v) is 4.02. The van der Waals surface area contributed by atoms with Crippen molar-refractivity contribution < 1.29 is 34.1 Å². The number of carbonyl (C=O) groups excluding carboxylic acids is 1. The third-order valence-corrected chi connectivity index (χ3v) is 5.55. The summed E-state index contributed by atoms with van der Waals surface area (Å²) < 4.78 is 12.5. The Morgan fingerprint density at radius 3 is 2.30 bits per heavy atom. The van der Waals surface area contributed by atoms with E-state index in [0.717, 1.165) is 5.52 Å². The highest BCUT2D eigenvalue weighted by molar-refractivity contribution is 5.90. The monoisotopic (exact) mass is 461 g/mol. The second kappa shape index (κ2) is 9.70. The minimum absolute atomic E-state index is 0.0818. The second-order valence-corrected chi connectivity index (χ2v) is 9.05. The zero-order valence-electron chi connectivity index (χ0n) is 19.4. The third-order valence-electron chi connectivity index (χ3n) is 5.55. The number of rotatable bonds is 7. The van der Waals surface area contributed by atoms with Crippen LogP contribution >= 0.6 is 0 Å². The number of nitrogens with zero attached hydrogens (tertiary/aromatic N) is 3. The molecular weight excluding hydrogens is 430 g/mol. The molecule has 180 valence electrons. The van der Waals surface area contributed by atoms with Gasteiger partial charge in [0.2, 0.25) is 0 Å². The van der Waals surface area contributed by atoms with Gasteiger partial charge in [0.15, 0.2) is 0 Å². The molecule has 2 N–H and O–H groups in total. The molecule has 0 spiro atoms. The van der Waals surface area contributed by atoms with Crippen LogP contribution in [-0.4, -0.2) is 81.5 Å². The maximum atomic E-state index is 12.4. The Morgan fingerprint density at radius 1 is 1.09 bits per heavy atom. The van der Waals surface area contributed by atoms with Crippen LogP contribution in [0.3, 0.4) is 0 Å². The highest BCUT2D eigenvalue weighted by Crippen LogP contribution is 2.34. The normalized spacial score (nSPS) is 15.9. The second-order valence-electron chi connectivity index (χ2n) is 9.05. The van der Waals surface area contributed by atoms with Crippen molar-refractivity contribution in [1.29, 1.82) is 0 Å². The Bertz CT molecular complexity index is 1030. The van der Waals surface area contributed by atoms with Gasteiger partial charge in [0.05, 0.1) is 13.5 Å². The van der Waals surface area contributed by atoms with E-state index in [0.29, 0.717) is 42.9 Å². The predicted molar refractivity (Wildman–Crippen MR) is 120 cm³/mol. The molecule has 1 aliphatic heterocycles. The molecule has 2 aromatic rings. The molecule has 1 amide bonds. The first-order valence-electron chi connectivity index (χ1n) is 10.8. The van der Waals surface area contributed by atoms with Crippen LogP contribution in [-0.2, 0) is 20.9 Å². The average molecular weight is 462 g/mol. The summed E-state index contributed by atoms with van der Waals surface area (Å²) in [7, 11) is 1.53. The van der Waals surface area contributed by atoms with Crippen LogP contribution in [0, 0.1) is 0 Å². The lowest BCUT2D eigenvalue weighted by Gasteiger charge is -2.38. The van der Waals surface area contributed by atoms with Crippen LogP contribution in [0.1, 0.15) is 38.8 Å². The summed E-state index contributed by atoms with van der Waals surface area (Å²) in [6, 6.07) is 4.39. The van der Waals surface area contributed by atoms with Gasteiger partial charge in [-0.25, -0.2) is 4.79 Å². The Labute approximate surface area is 192 Å². The lowest BCUT2D eigenvalue weighted by molar-refractivity contribution is -0.144. The van der Waals surface area contributed by atoms with Crippen molar-refractivity contribution in [1.82, 2.24) is 14.4 Å². The van der Waals surface area contributed by atoms with Gasteiger partial charge in [-0.3, -0.25) is 14.5 Å². The lowest BCUT2D eigenvalue weighted by Crippen LogP contribution is -2.51. The van der Waals surface area contributed by atoms with Gasteiger partial charge < -0.3 is 29.2 Å². The molecule has 0 radical (unpaired) electrons. The van der Waals surface area contributed by atoms with Gasteiger partial charge in [-0.1, -0.05) is 0 Å². The Kier molecular flexibility index (Phi) is 7.16. The number of aliphatic carboxylic acids is 2. The standard InChI is InChI=1S/C23H31N3O7/c1-23(2,3)33-22(31)25-11-9-24(10-12-25)20(21(29)30)17-14-26(8-7-19(27)28)18-6-5-15(32-4)13-16(17)18/h5-6,13-14,20H,7-12H2,1-4H3,(H,27,28)(H,29,30)/t20-/m0/s1. The maximum absolute atomic E-state index is 12.4. The van der Waals surface area contributed by atoms with Gasteiger partial charge in [-0.15, -0.1) is 0 Å². The molecule has 0 aliphatic carbocycles. The highest BCUT2D eigenvalue weighted by Gasteiger charge is 2.34. The van der Waals surface area contributed by atoms with E-state index in [4.69, 9.17) is 14.6 Å². The summed E-state index contributed by atoms with van der Waals surface area (Å²) >= 11 is 0. The van der Waals surface area contributed by atoms with Crippen LogP contribution in [0.25, 0.3) is 10.9 Å². The SMILES string of the molecule is COc1ccc2c(c1)c([C@@H](C(=O)O)N1CCN(C(=O)OC(C)(C)C)CC1)cn2CCC(=O)O. The third kappa shape index (κ3) is 5.75. The number of benzene rings is 1. The van der Waals surface area contributed by atoms with Crippen molar-refractivity contribution >= 4 is 28.9 Å². The number of ether oxygens (including phenoxy) is 2. The largest absolute Gasteiger partial charge is 0.497 e. The molecule has 1 atom stereocenters. The van der Waals surface area contributed by atoms with Gasteiger partial charge >= 0.3 is 18.0 Å². The number of piperazine rings is 1. The molecule has 1 fully saturated rings. The van der Waals surface area contributed by atoms with Crippen molar-refractivity contribution in [3.63, 3.8) is 0 Å². The van der Waals surface area contributed by atoms with Crippen molar-refractivity contribution in [3.8, 4) is 5.75 Å². The molecule has 33 heavy (non-hydrogen) atoms. The Morgan fingerprint density at radius 2 is 1.76 bits per heavy atom. The molecule has 0 unspecified atom stereocenters. The summed E-state index contributed by atoms with van der Waals surface area (Å²) in [4.78, 5) is 39.3. The van der Waals surface area contributed by atoms with Gasteiger partial charge in [0, 0.05) is 55.4 Å². The number of aromatic nitrogens is 1. The Hall–Kier alpha value is -3.27. The summed E-state index contributed by atoms with van der Waals surface area (Å²) in [5.41, 5.74) is 0.701. The van der Waals surface area contributed by atoms with Crippen LogP contribution < -0.4 is 4.74 Å². The van der Waals surface area contributed by atoms with Crippen molar-refractivity contribution in [2.75, 3.05) is 33.3 Å². The van der Waals surface area contributed by atoms with Gasteiger partial charge in [-0.05, 0) is 39.0 Å². The molecular formula is C23H31N3O7. The number of carbonyl (C=O) groups is 3. The molecule has 1 aromatic heterocycles. The molecule has 10 heteroatoms. The fraction of sp³-hybridized carbons (Fsp3) is 0.522. The average Bonchev–Trinajstić information content (AvgIpc) is 3.08. The van der Waals surface area contributed by atoms with Crippen molar-refractivity contribution in [2.24, 2.45) is 0 Å². The summed E-state index contributed by atoms with van der Waals surface area (Å²) in [5, 5.41) is 19.9. The first-order chi connectivity index (χ1) is 15.5. The number of aryl methyl sites for hydroxylation is 1. The first-order valence-corrected chi connectivity index (χ1v) is 10.8. The van der Waals surface area contributed by atoms with E-state index in [1.807, 2.05) is 4.90 Å². The molecule has 1 saturated heterocycles. The Balaban J connectivity index is 1.89. The molecule has 0 bridgehead atoms. The van der Waals surface area contributed by atoms with Crippen LogP contribution in [0.15, 0.2) is 24.4 Å². The zero-order chi connectivity index (χ0) is 24.3. The van der Waals surface area contributed by atoms with E-state index in [1.165, 1.54) is 7.11 Å². The number of carboxylic acids is 2. The minimum atomic E-state index is -1.01. The van der Waals surface area contributed by atoms with E-state index in [9.17, 15) is 19.5 Å².